The van der Waals surface area contributed by atoms with Gasteiger partial charge in [0.2, 0.25) is 0 Å². The van der Waals surface area contributed by atoms with E-state index in [4.69, 9.17) is 10.5 Å². The summed E-state index contributed by atoms with van der Waals surface area (Å²) in [5, 5.41) is 0. The van der Waals surface area contributed by atoms with Crippen LogP contribution in [0.5, 0.6) is 5.75 Å². The smallest absolute Gasteiger partial charge is 0.260 e. The molecule has 19 heavy (non-hydrogen) atoms. The molecule has 2 rings (SSSR count). The van der Waals surface area contributed by atoms with E-state index in [2.05, 4.69) is 15.9 Å². The molecule has 0 unspecified atom stereocenters. The van der Waals surface area contributed by atoms with Gasteiger partial charge in [-0.2, -0.15) is 0 Å². The molecule has 0 bridgehead atoms. The highest BCUT2D eigenvalue weighted by atomic mass is 79.9. The number of carbonyl (C=O) groups excluding carboxylic acids is 1. The SMILES string of the molecule is C[C@H](N)c1ccc(Br)cc1OCC(=O)N1CCCC1. The molecule has 1 fully saturated rings. The van der Waals surface area contributed by atoms with Gasteiger partial charge in [0.15, 0.2) is 6.61 Å². The predicted molar refractivity (Wildman–Crippen MR) is 78.1 cm³/mol. The molecule has 1 saturated heterocycles. The Hall–Kier alpha value is -1.07. The van der Waals surface area contributed by atoms with Gasteiger partial charge in [0.25, 0.3) is 5.91 Å². The van der Waals surface area contributed by atoms with E-state index in [-0.39, 0.29) is 18.6 Å². The van der Waals surface area contributed by atoms with Crippen LogP contribution in [0.2, 0.25) is 0 Å². The maximum atomic E-state index is 11.9. The first-order chi connectivity index (χ1) is 9.08. The molecule has 0 spiro atoms. The Bertz CT molecular complexity index is 457. The minimum Gasteiger partial charge on any atom is -0.483 e. The molecule has 104 valence electrons. The van der Waals surface area contributed by atoms with Crippen LogP contribution >= 0.6 is 15.9 Å². The Labute approximate surface area is 122 Å². The van der Waals surface area contributed by atoms with Crippen LogP contribution in [0.25, 0.3) is 0 Å². The van der Waals surface area contributed by atoms with Crippen molar-refractivity contribution in [2.75, 3.05) is 19.7 Å². The van der Waals surface area contributed by atoms with E-state index in [1.807, 2.05) is 30.0 Å². The summed E-state index contributed by atoms with van der Waals surface area (Å²) in [7, 11) is 0. The summed E-state index contributed by atoms with van der Waals surface area (Å²) in [6, 6.07) is 5.58. The van der Waals surface area contributed by atoms with Crippen LogP contribution in [0.1, 0.15) is 31.4 Å². The van der Waals surface area contributed by atoms with Gasteiger partial charge in [-0.1, -0.05) is 22.0 Å². The zero-order chi connectivity index (χ0) is 13.8. The Kier molecular flexibility index (Phi) is 4.82. The molecule has 0 radical (unpaired) electrons. The summed E-state index contributed by atoms with van der Waals surface area (Å²) < 4.78 is 6.57. The molecule has 1 amide bonds. The van der Waals surface area contributed by atoms with Crippen LogP contribution in [0.4, 0.5) is 0 Å². The second-order valence-electron chi connectivity index (χ2n) is 4.85. The normalized spacial score (nSPS) is 16.5. The largest absolute Gasteiger partial charge is 0.483 e. The van der Waals surface area contributed by atoms with Crippen molar-refractivity contribution in [2.24, 2.45) is 5.73 Å². The molecule has 1 aliphatic rings. The molecule has 0 saturated carbocycles. The lowest BCUT2D eigenvalue weighted by atomic mass is 10.1. The molecule has 1 aliphatic heterocycles. The highest BCUT2D eigenvalue weighted by molar-refractivity contribution is 9.10. The molecule has 1 atom stereocenters. The van der Waals surface area contributed by atoms with Crippen LogP contribution in [-0.4, -0.2) is 30.5 Å². The van der Waals surface area contributed by atoms with Crippen LogP contribution in [0.3, 0.4) is 0 Å². The Morgan fingerprint density at radius 3 is 2.79 bits per heavy atom. The van der Waals surface area contributed by atoms with Crippen molar-refractivity contribution < 1.29 is 9.53 Å². The van der Waals surface area contributed by atoms with E-state index in [0.29, 0.717) is 5.75 Å². The van der Waals surface area contributed by atoms with E-state index in [1.54, 1.807) is 0 Å². The average molecular weight is 327 g/mol. The maximum Gasteiger partial charge on any atom is 0.260 e. The van der Waals surface area contributed by atoms with Crippen molar-refractivity contribution in [2.45, 2.75) is 25.8 Å². The van der Waals surface area contributed by atoms with Gasteiger partial charge in [0.1, 0.15) is 5.75 Å². The quantitative estimate of drug-likeness (QED) is 0.924. The number of nitrogens with two attached hydrogens (primary N) is 1. The Morgan fingerprint density at radius 1 is 1.47 bits per heavy atom. The van der Waals surface area contributed by atoms with Crippen LogP contribution < -0.4 is 10.5 Å². The third-order valence-electron chi connectivity index (χ3n) is 3.28. The number of ether oxygens (including phenoxy) is 1. The highest BCUT2D eigenvalue weighted by Gasteiger charge is 2.19. The maximum absolute atomic E-state index is 11.9. The van der Waals surface area contributed by atoms with Gasteiger partial charge < -0.3 is 15.4 Å². The molecule has 1 aromatic carbocycles. The molecule has 2 N–H and O–H groups in total. The molecular weight excluding hydrogens is 308 g/mol. The Morgan fingerprint density at radius 2 is 2.16 bits per heavy atom. The van der Waals surface area contributed by atoms with Crippen molar-refractivity contribution >= 4 is 21.8 Å². The summed E-state index contributed by atoms with van der Waals surface area (Å²) >= 11 is 3.40. The number of carbonyl (C=O) groups is 1. The first-order valence-corrected chi connectivity index (χ1v) is 7.33. The summed E-state index contributed by atoms with van der Waals surface area (Å²) in [6.07, 6.45) is 2.18. The lowest BCUT2D eigenvalue weighted by Crippen LogP contribution is -2.32. The second kappa shape index (κ2) is 6.39. The van der Waals surface area contributed by atoms with E-state index in [0.717, 1.165) is 36.0 Å². The summed E-state index contributed by atoms with van der Waals surface area (Å²) in [4.78, 5) is 13.8. The zero-order valence-electron chi connectivity index (χ0n) is 11.1. The number of hydrogen-bond donors (Lipinski definition) is 1. The monoisotopic (exact) mass is 326 g/mol. The fourth-order valence-corrected chi connectivity index (χ4v) is 2.55. The van der Waals surface area contributed by atoms with E-state index in [9.17, 15) is 4.79 Å². The molecular formula is C14H19BrN2O2. The van der Waals surface area contributed by atoms with Gasteiger partial charge >= 0.3 is 0 Å². The number of likely N-dealkylation sites (tertiary alicyclic amines) is 1. The van der Waals surface area contributed by atoms with Gasteiger partial charge in [-0.25, -0.2) is 0 Å². The zero-order valence-corrected chi connectivity index (χ0v) is 12.6. The number of halogens is 1. The Balaban J connectivity index is 2.01. The fourth-order valence-electron chi connectivity index (χ4n) is 2.21. The molecule has 0 aromatic heterocycles. The minimum atomic E-state index is -0.120. The van der Waals surface area contributed by atoms with Crippen molar-refractivity contribution in [1.82, 2.24) is 4.90 Å². The summed E-state index contributed by atoms with van der Waals surface area (Å²) in [6.45, 7) is 3.68. The van der Waals surface area contributed by atoms with Crippen molar-refractivity contribution in [3.63, 3.8) is 0 Å². The third kappa shape index (κ3) is 3.70. The number of amides is 1. The number of rotatable bonds is 4. The first kappa shape index (κ1) is 14.3. The van der Waals surface area contributed by atoms with Crippen molar-refractivity contribution in [3.05, 3.63) is 28.2 Å². The number of benzene rings is 1. The molecule has 1 aromatic rings. The van der Waals surface area contributed by atoms with E-state index < -0.39 is 0 Å². The third-order valence-corrected chi connectivity index (χ3v) is 3.77. The summed E-state index contributed by atoms with van der Waals surface area (Å²) in [5.74, 6) is 0.727. The van der Waals surface area contributed by atoms with Gasteiger partial charge in [0, 0.05) is 29.2 Å². The molecule has 5 heteroatoms. The van der Waals surface area contributed by atoms with Gasteiger partial charge in [0.05, 0.1) is 0 Å². The van der Waals surface area contributed by atoms with Crippen LogP contribution in [0, 0.1) is 0 Å². The summed E-state index contributed by atoms with van der Waals surface area (Å²) in [5.41, 5.74) is 6.82. The van der Waals surface area contributed by atoms with Crippen LogP contribution in [-0.2, 0) is 4.79 Å². The lowest BCUT2D eigenvalue weighted by Gasteiger charge is -2.18. The molecule has 4 nitrogen and oxygen atoms in total. The minimum absolute atomic E-state index is 0.0492. The van der Waals surface area contributed by atoms with Gasteiger partial charge in [-0.15, -0.1) is 0 Å². The van der Waals surface area contributed by atoms with Crippen molar-refractivity contribution in [3.8, 4) is 5.75 Å². The van der Waals surface area contributed by atoms with Crippen molar-refractivity contribution in [1.29, 1.82) is 0 Å². The fraction of sp³-hybridized carbons (Fsp3) is 0.500. The topological polar surface area (TPSA) is 55.6 Å². The number of nitrogens with zero attached hydrogens (tertiary/aromatic N) is 1. The standard InChI is InChI=1S/C14H19BrN2O2/c1-10(16)12-5-4-11(15)8-13(12)19-9-14(18)17-6-2-3-7-17/h4-5,8,10H,2-3,6-7,9,16H2,1H3/t10-/m0/s1. The van der Waals surface area contributed by atoms with Gasteiger partial charge in [-0.3, -0.25) is 4.79 Å². The highest BCUT2D eigenvalue weighted by Crippen LogP contribution is 2.27. The average Bonchev–Trinajstić information content (AvgIpc) is 2.89. The lowest BCUT2D eigenvalue weighted by molar-refractivity contribution is -0.132. The predicted octanol–water partition coefficient (Wildman–Crippen LogP) is 2.47. The molecule has 1 heterocycles. The number of hydrogen-bond acceptors (Lipinski definition) is 3. The second-order valence-corrected chi connectivity index (χ2v) is 5.76. The van der Waals surface area contributed by atoms with E-state index >= 15 is 0 Å². The van der Waals surface area contributed by atoms with Crippen LogP contribution in [0.15, 0.2) is 22.7 Å². The van der Waals surface area contributed by atoms with Gasteiger partial charge in [-0.05, 0) is 31.9 Å². The van der Waals surface area contributed by atoms with E-state index in [1.165, 1.54) is 0 Å². The first-order valence-electron chi connectivity index (χ1n) is 6.53. The molecule has 0 aliphatic carbocycles.